The van der Waals surface area contributed by atoms with Gasteiger partial charge in [-0.15, -0.1) is 10.2 Å². The normalized spacial score (nSPS) is 10.7. The molecule has 0 amide bonds. The van der Waals surface area contributed by atoms with Crippen molar-refractivity contribution in [2.75, 3.05) is 37.9 Å². The van der Waals surface area contributed by atoms with Gasteiger partial charge >= 0.3 is 0 Å². The van der Waals surface area contributed by atoms with Crippen LogP contribution in [0.4, 0.5) is 5.13 Å². The molecule has 1 aromatic carbocycles. The van der Waals surface area contributed by atoms with Crippen molar-refractivity contribution in [3.8, 4) is 5.75 Å². The van der Waals surface area contributed by atoms with Crippen LogP contribution >= 0.6 is 46.3 Å². The molecule has 9 heteroatoms. The van der Waals surface area contributed by atoms with E-state index in [1.54, 1.807) is 37.1 Å². The number of anilines is 1. The van der Waals surface area contributed by atoms with Gasteiger partial charge in [0.05, 0.1) is 18.2 Å². The van der Waals surface area contributed by atoms with Crippen LogP contribution < -0.4 is 10.1 Å². The highest BCUT2D eigenvalue weighted by Crippen LogP contribution is 2.28. The third-order valence-electron chi connectivity index (χ3n) is 2.45. The lowest BCUT2D eigenvalue weighted by atomic mass is 10.3. The average molecular weight is 380 g/mol. The molecule has 0 aliphatic rings. The minimum atomic E-state index is 0.512. The quantitative estimate of drug-likeness (QED) is 0.523. The lowest BCUT2D eigenvalue weighted by Crippen LogP contribution is -2.06. The van der Waals surface area contributed by atoms with Crippen molar-refractivity contribution in [2.24, 2.45) is 0 Å². The van der Waals surface area contributed by atoms with Crippen LogP contribution in [-0.2, 0) is 4.74 Å². The summed E-state index contributed by atoms with van der Waals surface area (Å²) in [5.74, 6) is 1.39. The van der Waals surface area contributed by atoms with Gasteiger partial charge in [0.1, 0.15) is 5.75 Å². The van der Waals surface area contributed by atoms with E-state index in [1.165, 1.54) is 11.3 Å². The van der Waals surface area contributed by atoms with Gasteiger partial charge in [-0.3, -0.25) is 0 Å². The summed E-state index contributed by atoms with van der Waals surface area (Å²) in [4.78, 5) is 0. The van der Waals surface area contributed by atoms with E-state index in [9.17, 15) is 0 Å². The van der Waals surface area contributed by atoms with Crippen LogP contribution in [0.5, 0.6) is 5.75 Å². The summed E-state index contributed by atoms with van der Waals surface area (Å²) in [7, 11) is 1.66. The highest BCUT2D eigenvalue weighted by atomic mass is 35.5. The maximum Gasteiger partial charge on any atom is 0.206 e. The maximum absolute atomic E-state index is 6.03. The average Bonchev–Trinajstić information content (AvgIpc) is 2.93. The fourth-order valence-electron chi connectivity index (χ4n) is 1.47. The van der Waals surface area contributed by atoms with Crippen molar-refractivity contribution in [1.82, 2.24) is 10.2 Å². The molecule has 0 bridgehead atoms. The Hall–Kier alpha value is -0.730. The smallest absolute Gasteiger partial charge is 0.206 e. The molecular weight excluding hydrogens is 365 g/mol. The van der Waals surface area contributed by atoms with Crippen LogP contribution in [0.2, 0.25) is 10.0 Å². The molecule has 2 rings (SSSR count). The van der Waals surface area contributed by atoms with Gasteiger partial charge in [-0.1, -0.05) is 46.3 Å². The molecule has 1 aromatic heterocycles. The zero-order chi connectivity index (χ0) is 15.8. The van der Waals surface area contributed by atoms with Crippen molar-refractivity contribution in [1.29, 1.82) is 0 Å². The van der Waals surface area contributed by atoms with Gasteiger partial charge in [-0.2, -0.15) is 0 Å². The van der Waals surface area contributed by atoms with Gasteiger partial charge in [0.2, 0.25) is 5.13 Å². The van der Waals surface area contributed by atoms with Gasteiger partial charge in [-0.25, -0.2) is 0 Å². The number of halogens is 2. The van der Waals surface area contributed by atoms with Gasteiger partial charge in [-0.05, 0) is 18.2 Å². The number of ether oxygens (including phenoxy) is 2. The first-order valence-electron chi connectivity index (χ1n) is 6.46. The van der Waals surface area contributed by atoms with E-state index in [0.29, 0.717) is 35.6 Å². The molecule has 0 radical (unpaired) electrons. The molecule has 0 saturated heterocycles. The first kappa shape index (κ1) is 17.6. The third-order valence-corrected chi connectivity index (χ3v) is 4.96. The van der Waals surface area contributed by atoms with Crippen molar-refractivity contribution >= 4 is 51.4 Å². The predicted octanol–water partition coefficient (Wildman–Crippen LogP) is 4.07. The Morgan fingerprint density at radius 2 is 2.14 bits per heavy atom. The summed E-state index contributed by atoms with van der Waals surface area (Å²) in [6, 6.07) is 5.17. The number of hydrogen-bond donors (Lipinski definition) is 1. The topological polar surface area (TPSA) is 56.3 Å². The molecule has 22 heavy (non-hydrogen) atoms. The molecule has 2 aromatic rings. The second-order valence-corrected chi connectivity index (χ2v) is 7.23. The molecule has 5 nitrogen and oxygen atoms in total. The van der Waals surface area contributed by atoms with Crippen LogP contribution in [0, 0.1) is 0 Å². The number of thioether (sulfide) groups is 1. The molecule has 0 aliphatic carbocycles. The second kappa shape index (κ2) is 9.42. The fraction of sp³-hybridized carbons (Fsp3) is 0.385. The number of aromatic nitrogens is 2. The molecule has 0 unspecified atom stereocenters. The van der Waals surface area contributed by atoms with E-state index in [0.717, 1.165) is 15.2 Å². The Morgan fingerprint density at radius 1 is 1.27 bits per heavy atom. The molecular formula is C13H15Cl2N3O2S2. The van der Waals surface area contributed by atoms with Crippen molar-refractivity contribution in [2.45, 2.75) is 4.34 Å². The minimum absolute atomic E-state index is 0.512. The van der Waals surface area contributed by atoms with Crippen molar-refractivity contribution < 1.29 is 9.47 Å². The summed E-state index contributed by atoms with van der Waals surface area (Å²) in [5, 5.41) is 13.2. The Kier molecular flexibility index (Phi) is 7.54. The van der Waals surface area contributed by atoms with E-state index in [-0.39, 0.29) is 0 Å². The molecule has 0 saturated carbocycles. The summed E-state index contributed by atoms with van der Waals surface area (Å²) in [6.45, 7) is 1.88. The monoisotopic (exact) mass is 379 g/mol. The van der Waals surface area contributed by atoms with Crippen LogP contribution in [0.15, 0.2) is 22.5 Å². The number of methoxy groups -OCH3 is 1. The van der Waals surface area contributed by atoms with Crippen molar-refractivity contribution in [3.05, 3.63) is 28.2 Å². The zero-order valence-corrected chi connectivity index (χ0v) is 15.0. The van der Waals surface area contributed by atoms with Gasteiger partial charge in [0, 0.05) is 24.4 Å². The lowest BCUT2D eigenvalue weighted by molar-refractivity contribution is 0.211. The van der Waals surface area contributed by atoms with Crippen molar-refractivity contribution in [3.63, 3.8) is 0 Å². The molecule has 1 N–H and O–H groups in total. The standard InChI is InChI=1S/C13H15Cl2N3O2S2/c1-19-5-4-16-12-17-18-13(22-12)21-7-6-20-11-3-2-9(14)8-10(11)15/h2-3,8H,4-7H2,1H3,(H,16,17). The van der Waals surface area contributed by atoms with Crippen LogP contribution in [0.25, 0.3) is 0 Å². The Morgan fingerprint density at radius 3 is 2.91 bits per heavy atom. The van der Waals surface area contributed by atoms with Gasteiger partial charge < -0.3 is 14.8 Å². The fourth-order valence-corrected chi connectivity index (χ4v) is 3.60. The lowest BCUT2D eigenvalue weighted by Gasteiger charge is -2.07. The van der Waals surface area contributed by atoms with Crippen LogP contribution in [0.3, 0.4) is 0 Å². The van der Waals surface area contributed by atoms with Crippen LogP contribution in [-0.4, -0.2) is 42.8 Å². The molecule has 0 fully saturated rings. The number of nitrogens with zero attached hydrogens (tertiary/aromatic N) is 2. The SMILES string of the molecule is COCCNc1nnc(SCCOc2ccc(Cl)cc2Cl)s1. The first-order valence-corrected chi connectivity index (χ1v) is 9.02. The molecule has 1 heterocycles. The number of benzene rings is 1. The van der Waals surface area contributed by atoms with Gasteiger partial charge in [0.25, 0.3) is 0 Å². The molecule has 120 valence electrons. The summed E-state index contributed by atoms with van der Waals surface area (Å²) < 4.78 is 11.5. The zero-order valence-electron chi connectivity index (χ0n) is 11.8. The number of nitrogens with one attached hydrogen (secondary N) is 1. The maximum atomic E-state index is 6.03. The Balaban J connectivity index is 1.70. The van der Waals surface area contributed by atoms with E-state index >= 15 is 0 Å². The van der Waals surface area contributed by atoms with E-state index in [4.69, 9.17) is 32.7 Å². The summed E-state index contributed by atoms with van der Waals surface area (Å²) >= 11 is 15.0. The number of rotatable bonds is 9. The largest absolute Gasteiger partial charge is 0.491 e. The molecule has 0 aliphatic heterocycles. The first-order chi connectivity index (χ1) is 10.7. The highest BCUT2D eigenvalue weighted by molar-refractivity contribution is 8.01. The summed E-state index contributed by atoms with van der Waals surface area (Å²) in [5.41, 5.74) is 0. The Bertz CT molecular complexity index is 598. The molecule has 0 spiro atoms. The van der Waals surface area contributed by atoms with Gasteiger partial charge in [0.15, 0.2) is 4.34 Å². The Labute approximate surface area is 147 Å². The van der Waals surface area contributed by atoms with Crippen LogP contribution in [0.1, 0.15) is 0 Å². The van der Waals surface area contributed by atoms with E-state index in [1.807, 2.05) is 0 Å². The molecule has 0 atom stereocenters. The third kappa shape index (κ3) is 5.81. The second-order valence-electron chi connectivity index (χ2n) is 4.06. The predicted molar refractivity (Wildman–Crippen MR) is 93.0 cm³/mol. The van der Waals surface area contributed by atoms with E-state index in [2.05, 4.69) is 15.5 Å². The number of hydrogen-bond acceptors (Lipinski definition) is 7. The highest BCUT2D eigenvalue weighted by Gasteiger charge is 2.06. The van der Waals surface area contributed by atoms with E-state index < -0.39 is 0 Å². The minimum Gasteiger partial charge on any atom is -0.491 e. The summed E-state index contributed by atoms with van der Waals surface area (Å²) in [6.07, 6.45) is 0.